The molecular formula is C27H23N5O2S. The van der Waals surface area contributed by atoms with Crippen LogP contribution in [0, 0.1) is 6.92 Å². The zero-order chi connectivity index (χ0) is 24.4. The van der Waals surface area contributed by atoms with Crippen molar-refractivity contribution in [2.75, 3.05) is 5.32 Å². The van der Waals surface area contributed by atoms with Crippen LogP contribution in [0.25, 0.3) is 16.7 Å². The summed E-state index contributed by atoms with van der Waals surface area (Å²) in [5.74, 6) is 0.229. The number of hydrogen-bond donors (Lipinski definition) is 1. The lowest BCUT2D eigenvalue weighted by atomic mass is 10.1. The fourth-order valence-electron chi connectivity index (χ4n) is 3.95. The zero-order valence-electron chi connectivity index (χ0n) is 19.1. The second-order valence-electron chi connectivity index (χ2n) is 8.10. The van der Waals surface area contributed by atoms with Crippen molar-refractivity contribution >= 4 is 40.0 Å². The van der Waals surface area contributed by atoms with Gasteiger partial charge in [-0.3, -0.25) is 18.6 Å². The minimum absolute atomic E-state index is 0.159. The monoisotopic (exact) mass is 481 g/mol. The van der Waals surface area contributed by atoms with E-state index in [1.54, 1.807) is 12.1 Å². The van der Waals surface area contributed by atoms with Crippen molar-refractivity contribution in [2.45, 2.75) is 23.9 Å². The Morgan fingerprint density at radius 2 is 1.74 bits per heavy atom. The highest BCUT2D eigenvalue weighted by Gasteiger charge is 2.26. The van der Waals surface area contributed by atoms with E-state index in [0.717, 1.165) is 16.8 Å². The van der Waals surface area contributed by atoms with E-state index in [1.807, 2.05) is 84.1 Å². The zero-order valence-corrected chi connectivity index (χ0v) is 19.9. The summed E-state index contributed by atoms with van der Waals surface area (Å²) < 4.78 is 3.37. The number of aromatic nitrogens is 4. The number of benzene rings is 3. The van der Waals surface area contributed by atoms with Gasteiger partial charge in [-0.2, -0.15) is 0 Å². The van der Waals surface area contributed by atoms with Crippen LogP contribution in [0.4, 0.5) is 5.69 Å². The topological polar surface area (TPSA) is 81.3 Å². The molecule has 1 amide bonds. The highest BCUT2D eigenvalue weighted by atomic mass is 32.2. The Kier molecular flexibility index (Phi) is 6.20. The van der Waals surface area contributed by atoms with Gasteiger partial charge in [0.15, 0.2) is 5.16 Å². The van der Waals surface area contributed by atoms with Crippen molar-refractivity contribution in [1.82, 2.24) is 19.2 Å². The number of hydrogen-bond acceptors (Lipinski definition) is 5. The molecule has 0 aliphatic carbocycles. The van der Waals surface area contributed by atoms with Crippen LogP contribution in [0.3, 0.4) is 0 Å². The Balaban J connectivity index is 1.62. The summed E-state index contributed by atoms with van der Waals surface area (Å²) >= 11 is 1.29. The van der Waals surface area contributed by atoms with Gasteiger partial charge in [-0.15, -0.1) is 16.8 Å². The van der Waals surface area contributed by atoms with E-state index in [4.69, 9.17) is 0 Å². The van der Waals surface area contributed by atoms with E-state index >= 15 is 0 Å². The average molecular weight is 482 g/mol. The first-order chi connectivity index (χ1) is 17.1. The lowest BCUT2D eigenvalue weighted by molar-refractivity contribution is -0.115. The van der Waals surface area contributed by atoms with E-state index < -0.39 is 5.25 Å². The number of rotatable bonds is 7. The molecule has 1 unspecified atom stereocenters. The first kappa shape index (κ1) is 22.6. The molecule has 2 aromatic heterocycles. The summed E-state index contributed by atoms with van der Waals surface area (Å²) in [6, 6.07) is 24.6. The summed E-state index contributed by atoms with van der Waals surface area (Å²) in [4.78, 5) is 26.6. The van der Waals surface area contributed by atoms with Crippen LogP contribution in [0.5, 0.6) is 0 Å². The van der Waals surface area contributed by atoms with E-state index in [1.165, 1.54) is 16.3 Å². The first-order valence-electron chi connectivity index (χ1n) is 11.1. The molecule has 35 heavy (non-hydrogen) atoms. The smallest absolute Gasteiger partial charge is 0.263 e. The Hall–Kier alpha value is -4.17. The number of carbonyl (C=O) groups excluding carboxylic acids is 1. The Labute approximate surface area is 206 Å². The van der Waals surface area contributed by atoms with Crippen LogP contribution in [-0.2, 0) is 11.3 Å². The number of aryl methyl sites for hydroxylation is 1. The van der Waals surface area contributed by atoms with Gasteiger partial charge in [0.05, 0.1) is 10.9 Å². The second kappa shape index (κ2) is 9.60. The molecule has 0 bridgehead atoms. The summed E-state index contributed by atoms with van der Waals surface area (Å²) in [5, 5.41) is 12.2. The van der Waals surface area contributed by atoms with E-state index in [0.29, 0.717) is 28.4 Å². The Morgan fingerprint density at radius 3 is 2.49 bits per heavy atom. The Morgan fingerprint density at radius 1 is 1.03 bits per heavy atom. The fraction of sp³-hybridized carbons (Fsp3) is 0.111. The standard InChI is InChI=1S/C27H23N5O2S/c1-3-17-31-25(34)21-11-7-8-12-22(21)32-26(31)29-30-27(32)35-23(19-9-5-4-6-10-19)24(33)28-20-15-13-18(2)14-16-20/h3-16,23H,1,17H2,2H3,(H,28,33). The van der Waals surface area contributed by atoms with E-state index in [-0.39, 0.29) is 11.5 Å². The summed E-state index contributed by atoms with van der Waals surface area (Å²) in [7, 11) is 0. The summed E-state index contributed by atoms with van der Waals surface area (Å²) in [5.41, 5.74) is 3.20. The molecule has 0 spiro atoms. The molecule has 2 heterocycles. The minimum atomic E-state index is -0.594. The number of thioether (sulfide) groups is 1. The van der Waals surface area contributed by atoms with Crippen LogP contribution in [0.15, 0.2) is 101 Å². The van der Waals surface area contributed by atoms with Crippen molar-refractivity contribution < 1.29 is 4.79 Å². The lowest BCUT2D eigenvalue weighted by Crippen LogP contribution is -2.23. The van der Waals surface area contributed by atoms with Crippen LogP contribution >= 0.6 is 11.8 Å². The van der Waals surface area contributed by atoms with Crippen molar-refractivity contribution in [2.24, 2.45) is 0 Å². The number of carbonyl (C=O) groups is 1. The highest BCUT2D eigenvalue weighted by Crippen LogP contribution is 2.36. The molecule has 0 fully saturated rings. The number of para-hydroxylation sites is 1. The Bertz CT molecular complexity index is 1590. The third-order valence-corrected chi connectivity index (χ3v) is 6.87. The maximum absolute atomic E-state index is 13.5. The van der Waals surface area contributed by atoms with Crippen molar-refractivity contribution in [3.8, 4) is 0 Å². The minimum Gasteiger partial charge on any atom is -0.325 e. The third-order valence-electron chi connectivity index (χ3n) is 5.67. The predicted molar refractivity (Wildman–Crippen MR) is 140 cm³/mol. The predicted octanol–water partition coefficient (Wildman–Crippen LogP) is 5.01. The van der Waals surface area contributed by atoms with Crippen LogP contribution in [-0.4, -0.2) is 25.1 Å². The number of anilines is 1. The molecular weight excluding hydrogens is 458 g/mol. The van der Waals surface area contributed by atoms with Crippen molar-refractivity contribution in [3.63, 3.8) is 0 Å². The van der Waals surface area contributed by atoms with Gasteiger partial charge in [0.2, 0.25) is 11.7 Å². The number of fused-ring (bicyclic) bond motifs is 3. The fourth-order valence-corrected chi connectivity index (χ4v) is 5.00. The van der Waals surface area contributed by atoms with Crippen LogP contribution in [0.2, 0.25) is 0 Å². The van der Waals surface area contributed by atoms with Gasteiger partial charge in [-0.05, 0) is 36.8 Å². The average Bonchev–Trinajstić information content (AvgIpc) is 3.30. The normalized spacial score (nSPS) is 12.0. The van der Waals surface area contributed by atoms with Crippen LogP contribution < -0.4 is 10.9 Å². The highest BCUT2D eigenvalue weighted by molar-refractivity contribution is 8.00. The van der Waals surface area contributed by atoms with Crippen molar-refractivity contribution in [3.05, 3.63) is 113 Å². The van der Waals surface area contributed by atoms with Gasteiger partial charge in [-0.25, -0.2) is 0 Å². The van der Waals surface area contributed by atoms with Gasteiger partial charge in [-0.1, -0.05) is 78.0 Å². The third kappa shape index (κ3) is 4.36. The molecule has 5 rings (SSSR count). The molecule has 174 valence electrons. The molecule has 1 atom stereocenters. The molecule has 5 aromatic rings. The molecule has 3 aromatic carbocycles. The molecule has 7 nitrogen and oxygen atoms in total. The SMILES string of the molecule is C=CCn1c(=O)c2ccccc2n2c(SC(C(=O)Nc3ccc(C)cc3)c3ccccc3)nnc12. The maximum atomic E-state index is 13.5. The molecule has 0 aliphatic rings. The van der Waals surface area contributed by atoms with Gasteiger partial charge in [0.1, 0.15) is 5.25 Å². The van der Waals surface area contributed by atoms with E-state index in [2.05, 4.69) is 22.1 Å². The van der Waals surface area contributed by atoms with E-state index in [9.17, 15) is 9.59 Å². The molecule has 8 heteroatoms. The van der Waals surface area contributed by atoms with Crippen LogP contribution in [0.1, 0.15) is 16.4 Å². The summed E-state index contributed by atoms with van der Waals surface area (Å²) in [6.07, 6.45) is 1.65. The molecule has 0 saturated carbocycles. The second-order valence-corrected chi connectivity index (χ2v) is 9.18. The first-order valence-corrected chi connectivity index (χ1v) is 12.0. The van der Waals surface area contributed by atoms with Crippen molar-refractivity contribution in [1.29, 1.82) is 0 Å². The quantitative estimate of drug-likeness (QED) is 0.261. The number of nitrogens with one attached hydrogen (secondary N) is 1. The molecule has 0 saturated heterocycles. The largest absolute Gasteiger partial charge is 0.325 e. The molecule has 1 N–H and O–H groups in total. The maximum Gasteiger partial charge on any atom is 0.263 e. The molecule has 0 radical (unpaired) electrons. The van der Waals surface area contributed by atoms with Gasteiger partial charge in [0, 0.05) is 12.2 Å². The molecule has 0 aliphatic heterocycles. The summed E-state index contributed by atoms with van der Waals surface area (Å²) in [6.45, 7) is 6.07. The van der Waals surface area contributed by atoms with Gasteiger partial charge < -0.3 is 5.32 Å². The van der Waals surface area contributed by atoms with Gasteiger partial charge >= 0.3 is 0 Å². The number of amides is 1. The number of allylic oxidation sites excluding steroid dienone is 1. The number of nitrogens with zero attached hydrogens (tertiary/aromatic N) is 4. The lowest BCUT2D eigenvalue weighted by Gasteiger charge is -2.17. The van der Waals surface area contributed by atoms with Gasteiger partial charge in [0.25, 0.3) is 5.56 Å².